The van der Waals surface area contributed by atoms with Crippen LogP contribution in [0.1, 0.15) is 37.2 Å². The van der Waals surface area contributed by atoms with Gasteiger partial charge in [0.15, 0.2) is 9.75 Å². The summed E-state index contributed by atoms with van der Waals surface area (Å²) in [5.41, 5.74) is 0.731. The Morgan fingerprint density at radius 2 is 1.73 bits per heavy atom. The van der Waals surface area contributed by atoms with Gasteiger partial charge in [-0.3, -0.25) is 33.8 Å². The number of rotatable bonds is 6. The van der Waals surface area contributed by atoms with Crippen molar-refractivity contribution in [3.8, 4) is 5.75 Å². The third-order valence-corrected chi connectivity index (χ3v) is 11.0. The number of carbonyl (C=O) groups is 5. The maximum absolute atomic E-state index is 13.9. The standard InChI is InChI=1S/C29H25BrCl2N2O7/c30-13-34-26(40)28(31)12-19-16(9-10-17-21(19)25(39)33(24(17)38)11-3-6-20(35)36)22(29(28,32)27(34)41)18-8-7-14-4-1-2-5-15(14)23(18)37/h1-2,4-5,7-9,17,19,21-22,37H,3,6,10-13H2,(H,35,36). The summed E-state index contributed by atoms with van der Waals surface area (Å²) in [4.78, 5) is 63.8. The molecule has 1 saturated carbocycles. The van der Waals surface area contributed by atoms with E-state index in [9.17, 15) is 29.1 Å². The Morgan fingerprint density at radius 1 is 1.00 bits per heavy atom. The van der Waals surface area contributed by atoms with Crippen LogP contribution in [0, 0.1) is 17.8 Å². The molecule has 2 aromatic carbocycles. The van der Waals surface area contributed by atoms with Crippen LogP contribution in [-0.2, 0) is 24.0 Å². The molecule has 9 nitrogen and oxygen atoms in total. The number of carboxylic acids is 1. The second-order valence-electron chi connectivity index (χ2n) is 11.0. The van der Waals surface area contributed by atoms with Crippen LogP contribution in [0.15, 0.2) is 48.0 Å². The summed E-state index contributed by atoms with van der Waals surface area (Å²) in [5, 5.41) is 21.8. The monoisotopic (exact) mass is 662 g/mol. The van der Waals surface area contributed by atoms with Gasteiger partial charge in [0.1, 0.15) is 5.75 Å². The number of aliphatic carboxylic acids is 1. The van der Waals surface area contributed by atoms with Crippen LogP contribution in [0.25, 0.3) is 10.8 Å². The lowest BCUT2D eigenvalue weighted by atomic mass is 9.56. The molecule has 6 unspecified atom stereocenters. The molecule has 0 aromatic heterocycles. The van der Waals surface area contributed by atoms with E-state index in [-0.39, 0.29) is 43.4 Å². The van der Waals surface area contributed by atoms with Crippen molar-refractivity contribution >= 4 is 79.5 Å². The Labute approximate surface area is 253 Å². The van der Waals surface area contributed by atoms with Crippen molar-refractivity contribution < 1.29 is 34.2 Å². The summed E-state index contributed by atoms with van der Waals surface area (Å²) in [5.74, 6) is -6.79. The first-order chi connectivity index (χ1) is 19.5. The predicted molar refractivity (Wildman–Crippen MR) is 153 cm³/mol. The highest BCUT2D eigenvalue weighted by Gasteiger charge is 2.76. The number of nitrogens with zero attached hydrogens (tertiary/aromatic N) is 2. The van der Waals surface area contributed by atoms with Gasteiger partial charge in [-0.15, -0.1) is 23.2 Å². The number of amides is 4. The normalized spacial score (nSPS) is 32.7. The van der Waals surface area contributed by atoms with Crippen LogP contribution in [0.3, 0.4) is 0 Å². The van der Waals surface area contributed by atoms with E-state index in [0.717, 1.165) is 15.2 Å². The number of alkyl halides is 3. The number of hydrogen-bond donors (Lipinski definition) is 2. The average molecular weight is 664 g/mol. The van der Waals surface area contributed by atoms with E-state index in [2.05, 4.69) is 15.9 Å². The molecular weight excluding hydrogens is 639 g/mol. The van der Waals surface area contributed by atoms with Crippen LogP contribution >= 0.6 is 39.1 Å². The lowest BCUT2D eigenvalue weighted by molar-refractivity contribution is -0.142. The lowest BCUT2D eigenvalue weighted by Crippen LogP contribution is -2.60. The van der Waals surface area contributed by atoms with Gasteiger partial charge in [-0.25, -0.2) is 0 Å². The quantitative estimate of drug-likeness (QED) is 0.206. The molecule has 2 N–H and O–H groups in total. The average Bonchev–Trinajstić information content (AvgIpc) is 3.27. The number of phenols is 1. The number of hydrogen-bond acceptors (Lipinski definition) is 6. The van der Waals surface area contributed by atoms with Crippen molar-refractivity contribution in [2.75, 3.05) is 12.0 Å². The minimum atomic E-state index is -2.01. The highest BCUT2D eigenvalue weighted by atomic mass is 79.9. The number of fused-ring (bicyclic) bond motifs is 5. The summed E-state index contributed by atoms with van der Waals surface area (Å²) in [6.07, 6.45) is 1.75. The first-order valence-electron chi connectivity index (χ1n) is 13.2. The number of carbonyl (C=O) groups excluding carboxylic acids is 4. The minimum Gasteiger partial charge on any atom is -0.507 e. The minimum absolute atomic E-state index is 0.0336. The van der Waals surface area contributed by atoms with E-state index in [4.69, 9.17) is 28.3 Å². The fourth-order valence-electron chi connectivity index (χ4n) is 7.28. The number of halogens is 3. The number of benzene rings is 2. The fraction of sp³-hybridized carbons (Fsp3) is 0.414. The summed E-state index contributed by atoms with van der Waals surface area (Å²) in [7, 11) is 0. The summed E-state index contributed by atoms with van der Waals surface area (Å²) in [6, 6.07) is 10.6. The number of aromatic hydroxyl groups is 1. The molecule has 3 fully saturated rings. The molecule has 6 atom stereocenters. The van der Waals surface area contributed by atoms with E-state index in [1.54, 1.807) is 30.3 Å². The number of imide groups is 2. The Balaban J connectivity index is 1.51. The van der Waals surface area contributed by atoms with E-state index in [0.29, 0.717) is 16.5 Å². The highest BCUT2D eigenvalue weighted by Crippen LogP contribution is 2.66. The van der Waals surface area contributed by atoms with Gasteiger partial charge < -0.3 is 10.2 Å². The summed E-state index contributed by atoms with van der Waals surface area (Å²) < 4.78 is 0. The summed E-state index contributed by atoms with van der Waals surface area (Å²) >= 11 is 17.6. The van der Waals surface area contributed by atoms with Crippen molar-refractivity contribution in [2.24, 2.45) is 17.8 Å². The van der Waals surface area contributed by atoms with Crippen molar-refractivity contribution in [1.29, 1.82) is 0 Å². The number of phenolic OH excluding ortho intramolecular Hbond substituents is 1. The van der Waals surface area contributed by atoms with Gasteiger partial charge in [-0.2, -0.15) is 0 Å². The SMILES string of the molecule is O=C(O)CCCN1C(=O)C2CC=C3C(CC4(Cl)C(=O)N(CBr)C(=O)C4(Cl)C3c3ccc4ccccc4c3O)C2C1=O. The molecule has 41 heavy (non-hydrogen) atoms. The maximum atomic E-state index is 13.9. The van der Waals surface area contributed by atoms with E-state index in [1.807, 2.05) is 12.1 Å². The van der Waals surface area contributed by atoms with Crippen molar-refractivity contribution in [2.45, 2.75) is 41.3 Å². The van der Waals surface area contributed by atoms with E-state index < -0.39 is 63.0 Å². The van der Waals surface area contributed by atoms with Gasteiger partial charge in [0.25, 0.3) is 11.8 Å². The molecule has 214 valence electrons. The van der Waals surface area contributed by atoms with Crippen molar-refractivity contribution in [3.05, 3.63) is 53.6 Å². The fourth-order valence-corrected chi connectivity index (χ4v) is 8.69. The first-order valence-corrected chi connectivity index (χ1v) is 15.1. The molecule has 0 spiro atoms. The Kier molecular flexibility index (Phi) is 6.75. The molecule has 6 rings (SSSR count). The zero-order chi connectivity index (χ0) is 29.4. The third-order valence-electron chi connectivity index (χ3n) is 9.12. The molecule has 2 aliphatic carbocycles. The van der Waals surface area contributed by atoms with Gasteiger partial charge in [0.05, 0.1) is 17.3 Å². The van der Waals surface area contributed by atoms with Crippen LogP contribution in [0.2, 0.25) is 0 Å². The van der Waals surface area contributed by atoms with Crippen LogP contribution in [0.4, 0.5) is 0 Å². The number of likely N-dealkylation sites (tertiary alicyclic amines) is 2. The molecule has 2 saturated heterocycles. The molecular formula is C29H25BrCl2N2O7. The molecule has 2 heterocycles. The zero-order valence-corrected chi connectivity index (χ0v) is 24.7. The molecule has 12 heteroatoms. The van der Waals surface area contributed by atoms with Gasteiger partial charge in [0.2, 0.25) is 11.8 Å². The topological polar surface area (TPSA) is 132 Å². The molecule has 0 bridgehead atoms. The van der Waals surface area contributed by atoms with Crippen LogP contribution < -0.4 is 0 Å². The lowest BCUT2D eigenvalue weighted by Gasteiger charge is -2.50. The Hall–Kier alpha value is -2.95. The zero-order valence-electron chi connectivity index (χ0n) is 21.6. The first kappa shape index (κ1) is 28.2. The second-order valence-corrected chi connectivity index (χ2v) is 12.8. The highest BCUT2D eigenvalue weighted by molar-refractivity contribution is 9.09. The van der Waals surface area contributed by atoms with Crippen LogP contribution in [0.5, 0.6) is 5.75 Å². The molecule has 4 aliphatic rings. The predicted octanol–water partition coefficient (Wildman–Crippen LogP) is 4.12. The van der Waals surface area contributed by atoms with Gasteiger partial charge in [0, 0.05) is 29.8 Å². The summed E-state index contributed by atoms with van der Waals surface area (Å²) in [6.45, 7) is -0.0336. The van der Waals surface area contributed by atoms with Crippen molar-refractivity contribution in [1.82, 2.24) is 9.80 Å². The van der Waals surface area contributed by atoms with Gasteiger partial charge >= 0.3 is 5.97 Å². The molecule has 4 amide bonds. The molecule has 2 aromatic rings. The number of allylic oxidation sites excluding steroid dienone is 2. The molecule has 0 radical (unpaired) electrons. The molecule has 2 aliphatic heterocycles. The number of carboxylic acid groups (broad SMARTS) is 1. The Bertz CT molecular complexity index is 1580. The van der Waals surface area contributed by atoms with Crippen molar-refractivity contribution in [3.63, 3.8) is 0 Å². The maximum Gasteiger partial charge on any atom is 0.303 e. The van der Waals surface area contributed by atoms with Gasteiger partial charge in [-0.1, -0.05) is 64.0 Å². The smallest absolute Gasteiger partial charge is 0.303 e. The van der Waals surface area contributed by atoms with E-state index >= 15 is 0 Å². The van der Waals surface area contributed by atoms with Gasteiger partial charge in [-0.05, 0) is 30.6 Å². The largest absolute Gasteiger partial charge is 0.507 e. The third kappa shape index (κ3) is 3.76. The Morgan fingerprint density at radius 3 is 2.44 bits per heavy atom. The van der Waals surface area contributed by atoms with E-state index in [1.165, 1.54) is 0 Å². The van der Waals surface area contributed by atoms with Crippen LogP contribution in [-0.4, -0.2) is 71.4 Å². The second kappa shape index (κ2) is 9.81.